The molecule has 0 aromatic heterocycles. The molecule has 1 fully saturated rings. The molecule has 6 nitrogen and oxygen atoms in total. The summed E-state index contributed by atoms with van der Waals surface area (Å²) in [6.45, 7) is 6.70. The van der Waals surface area contributed by atoms with Gasteiger partial charge in [-0.3, -0.25) is 0 Å². The van der Waals surface area contributed by atoms with Crippen LogP contribution in [-0.2, 0) is 14.6 Å². The van der Waals surface area contributed by atoms with Crippen LogP contribution in [0.4, 0.5) is 4.79 Å². The highest BCUT2D eigenvalue weighted by molar-refractivity contribution is 7.94. The number of carbonyl (C=O) groups excluding carboxylic acids is 1. The summed E-state index contributed by atoms with van der Waals surface area (Å²) in [6, 6.07) is -0.0333. The minimum Gasteiger partial charge on any atom is -0.444 e. The molecule has 1 amide bonds. The lowest BCUT2D eigenvalue weighted by atomic mass is 10.2. The Kier molecular flexibility index (Phi) is 4.11. The van der Waals surface area contributed by atoms with Crippen molar-refractivity contribution in [2.45, 2.75) is 44.9 Å². The molecule has 2 unspecified atom stereocenters. The summed E-state index contributed by atoms with van der Waals surface area (Å²) < 4.78 is 28.0. The molecule has 7 heteroatoms. The van der Waals surface area contributed by atoms with Crippen LogP contribution in [0.5, 0.6) is 0 Å². The van der Waals surface area contributed by atoms with Gasteiger partial charge in [-0.15, -0.1) is 0 Å². The first-order chi connectivity index (χ1) is 9.15. The summed E-state index contributed by atoms with van der Waals surface area (Å²) in [5, 5.41) is 4.52. The fourth-order valence-corrected chi connectivity index (χ4v) is 3.62. The number of ether oxygens (including phenoxy) is 1. The van der Waals surface area contributed by atoms with Gasteiger partial charge in [-0.2, -0.15) is 0 Å². The molecule has 20 heavy (non-hydrogen) atoms. The molecule has 0 bridgehead atoms. The Balaban J connectivity index is 1.81. The molecule has 1 N–H and O–H groups in total. The lowest BCUT2D eigenvalue weighted by Crippen LogP contribution is -2.42. The van der Waals surface area contributed by atoms with E-state index < -0.39 is 15.4 Å². The minimum atomic E-state index is -3.04. The Labute approximate surface area is 120 Å². The third-order valence-electron chi connectivity index (χ3n) is 3.22. The predicted octanol–water partition coefficient (Wildman–Crippen LogP) is 0.896. The van der Waals surface area contributed by atoms with Crippen molar-refractivity contribution in [1.29, 1.82) is 0 Å². The maximum absolute atomic E-state index is 11.9. The van der Waals surface area contributed by atoms with E-state index in [-0.39, 0.29) is 23.9 Å². The molecule has 0 aromatic rings. The molecule has 114 valence electrons. The van der Waals surface area contributed by atoms with E-state index in [0.717, 1.165) is 6.42 Å². The Hall–Kier alpha value is -1.08. The SMILES string of the molecule is CC(C)(C)OC(=O)N1CCC(NC2C=CS(=O)(=O)C2)C1. The van der Waals surface area contributed by atoms with Gasteiger partial charge in [0.2, 0.25) is 0 Å². The zero-order chi connectivity index (χ0) is 15.0. The van der Waals surface area contributed by atoms with E-state index in [2.05, 4.69) is 5.32 Å². The maximum atomic E-state index is 11.9. The lowest BCUT2D eigenvalue weighted by Gasteiger charge is -2.24. The Bertz CT molecular complexity index is 507. The second-order valence-electron chi connectivity index (χ2n) is 6.34. The zero-order valence-electron chi connectivity index (χ0n) is 12.1. The molecule has 2 heterocycles. The van der Waals surface area contributed by atoms with E-state index in [0.29, 0.717) is 13.1 Å². The Morgan fingerprint density at radius 3 is 2.65 bits per heavy atom. The van der Waals surface area contributed by atoms with Crippen molar-refractivity contribution in [2.24, 2.45) is 0 Å². The van der Waals surface area contributed by atoms with Crippen LogP contribution in [0.2, 0.25) is 0 Å². The number of carbonyl (C=O) groups is 1. The fourth-order valence-electron chi connectivity index (χ4n) is 2.37. The summed E-state index contributed by atoms with van der Waals surface area (Å²) >= 11 is 0. The van der Waals surface area contributed by atoms with Crippen molar-refractivity contribution in [3.05, 3.63) is 11.5 Å². The summed E-state index contributed by atoms with van der Waals surface area (Å²) in [5.41, 5.74) is -0.495. The molecular formula is C13H22N2O4S. The first kappa shape index (κ1) is 15.3. The van der Waals surface area contributed by atoms with Crippen molar-refractivity contribution in [3.8, 4) is 0 Å². The zero-order valence-corrected chi connectivity index (χ0v) is 12.9. The highest BCUT2D eigenvalue weighted by Crippen LogP contribution is 2.17. The quantitative estimate of drug-likeness (QED) is 0.820. The topological polar surface area (TPSA) is 75.7 Å². The molecule has 0 aliphatic carbocycles. The van der Waals surface area contributed by atoms with Crippen LogP contribution in [0, 0.1) is 0 Å². The Morgan fingerprint density at radius 2 is 2.10 bits per heavy atom. The molecule has 2 atom stereocenters. The second-order valence-corrected chi connectivity index (χ2v) is 8.27. The van der Waals surface area contributed by atoms with Crippen molar-refractivity contribution in [2.75, 3.05) is 18.8 Å². The van der Waals surface area contributed by atoms with Crippen molar-refractivity contribution in [3.63, 3.8) is 0 Å². The molecule has 0 saturated carbocycles. The van der Waals surface area contributed by atoms with E-state index in [1.165, 1.54) is 5.41 Å². The minimum absolute atomic E-state index is 0.107. The molecule has 0 spiro atoms. The number of nitrogens with zero attached hydrogens (tertiary/aromatic N) is 1. The van der Waals surface area contributed by atoms with E-state index in [4.69, 9.17) is 4.74 Å². The number of hydrogen-bond donors (Lipinski definition) is 1. The second kappa shape index (κ2) is 5.37. The number of likely N-dealkylation sites (tertiary alicyclic amines) is 1. The van der Waals surface area contributed by atoms with E-state index in [9.17, 15) is 13.2 Å². The molecule has 0 radical (unpaired) electrons. The molecule has 2 aliphatic rings. The van der Waals surface area contributed by atoms with Crippen LogP contribution < -0.4 is 5.32 Å². The van der Waals surface area contributed by atoms with Crippen molar-refractivity contribution >= 4 is 15.9 Å². The first-order valence-electron chi connectivity index (χ1n) is 6.79. The smallest absolute Gasteiger partial charge is 0.410 e. The molecule has 1 saturated heterocycles. The number of amides is 1. The summed E-state index contributed by atoms with van der Waals surface area (Å²) in [5.74, 6) is 0.107. The average Bonchev–Trinajstić information content (AvgIpc) is 2.83. The molecule has 2 aliphatic heterocycles. The van der Waals surface area contributed by atoms with Crippen LogP contribution in [0.25, 0.3) is 0 Å². The first-order valence-corrected chi connectivity index (χ1v) is 8.51. The highest BCUT2D eigenvalue weighted by Gasteiger charge is 2.32. The predicted molar refractivity (Wildman–Crippen MR) is 76.1 cm³/mol. The summed E-state index contributed by atoms with van der Waals surface area (Å²) in [6.07, 6.45) is 2.17. The van der Waals surface area contributed by atoms with E-state index >= 15 is 0 Å². The van der Waals surface area contributed by atoms with Crippen molar-refractivity contribution < 1.29 is 17.9 Å². The number of sulfone groups is 1. The molecule has 0 aromatic carbocycles. The van der Waals surface area contributed by atoms with Crippen LogP contribution >= 0.6 is 0 Å². The average molecular weight is 302 g/mol. The summed E-state index contributed by atoms with van der Waals surface area (Å²) in [4.78, 5) is 13.6. The van der Waals surface area contributed by atoms with Gasteiger partial charge < -0.3 is 15.0 Å². The van der Waals surface area contributed by atoms with E-state index in [1.807, 2.05) is 20.8 Å². The highest BCUT2D eigenvalue weighted by atomic mass is 32.2. The Morgan fingerprint density at radius 1 is 1.40 bits per heavy atom. The van der Waals surface area contributed by atoms with Gasteiger partial charge in [-0.25, -0.2) is 13.2 Å². The maximum Gasteiger partial charge on any atom is 0.410 e. The lowest BCUT2D eigenvalue weighted by molar-refractivity contribution is 0.0290. The number of rotatable bonds is 2. The van der Waals surface area contributed by atoms with Gasteiger partial charge in [-0.1, -0.05) is 6.08 Å². The normalized spacial score (nSPS) is 28.9. The van der Waals surface area contributed by atoms with Gasteiger partial charge in [0.05, 0.1) is 5.75 Å². The third kappa shape index (κ3) is 4.21. The van der Waals surface area contributed by atoms with Gasteiger partial charge >= 0.3 is 6.09 Å². The van der Waals surface area contributed by atoms with Crippen LogP contribution in [0.1, 0.15) is 27.2 Å². The van der Waals surface area contributed by atoms with Crippen LogP contribution in [0.3, 0.4) is 0 Å². The van der Waals surface area contributed by atoms with Gasteiger partial charge in [-0.05, 0) is 27.2 Å². The monoisotopic (exact) mass is 302 g/mol. The number of nitrogens with one attached hydrogen (secondary N) is 1. The van der Waals surface area contributed by atoms with Gasteiger partial charge in [0.15, 0.2) is 9.84 Å². The van der Waals surface area contributed by atoms with Gasteiger partial charge in [0, 0.05) is 30.6 Å². The fraction of sp³-hybridized carbons (Fsp3) is 0.769. The number of hydrogen-bond acceptors (Lipinski definition) is 5. The third-order valence-corrected chi connectivity index (χ3v) is 4.62. The molecular weight excluding hydrogens is 280 g/mol. The van der Waals surface area contributed by atoms with Crippen LogP contribution in [-0.4, -0.2) is 55.9 Å². The van der Waals surface area contributed by atoms with Crippen LogP contribution in [0.15, 0.2) is 11.5 Å². The molecule has 2 rings (SSSR count). The summed E-state index contributed by atoms with van der Waals surface area (Å²) in [7, 11) is -3.04. The largest absolute Gasteiger partial charge is 0.444 e. The van der Waals surface area contributed by atoms with E-state index in [1.54, 1.807) is 11.0 Å². The van der Waals surface area contributed by atoms with Crippen molar-refractivity contribution in [1.82, 2.24) is 10.2 Å². The van der Waals surface area contributed by atoms with Gasteiger partial charge in [0.1, 0.15) is 5.60 Å². The standard InChI is InChI=1S/C13H22N2O4S/c1-13(2,3)19-12(16)15-6-4-10(8-15)14-11-5-7-20(17,18)9-11/h5,7,10-11,14H,4,6,8-9H2,1-3H3. The van der Waals surface area contributed by atoms with Gasteiger partial charge in [0.25, 0.3) is 0 Å².